The molecule has 0 unspecified atom stereocenters. The Morgan fingerprint density at radius 2 is 2.29 bits per heavy atom. The number of carboxylic acids is 1. The van der Waals surface area contributed by atoms with Crippen LogP contribution in [0.25, 0.3) is 0 Å². The Hall–Kier alpha value is -1.35. The second-order valence-electron chi connectivity index (χ2n) is 3.83. The van der Waals surface area contributed by atoms with Crippen LogP contribution < -0.4 is 5.73 Å². The lowest BCUT2D eigenvalue weighted by atomic mass is 9.99. The van der Waals surface area contributed by atoms with E-state index in [1.54, 1.807) is 6.07 Å². The maximum Gasteiger partial charge on any atom is 0.335 e. The van der Waals surface area contributed by atoms with Crippen molar-refractivity contribution in [3.05, 3.63) is 34.4 Å². The molecule has 3 nitrogen and oxygen atoms in total. The van der Waals surface area contributed by atoms with E-state index in [1.807, 2.05) is 13.0 Å². The van der Waals surface area contributed by atoms with Crippen LogP contribution in [0.1, 0.15) is 39.5 Å². The molecular formula is C11H13NO2. The number of aryl methyl sites for hydroxylation is 1. The highest BCUT2D eigenvalue weighted by atomic mass is 16.4. The number of hydrogen-bond acceptors (Lipinski definition) is 2. The van der Waals surface area contributed by atoms with Gasteiger partial charge in [0.25, 0.3) is 0 Å². The van der Waals surface area contributed by atoms with Gasteiger partial charge < -0.3 is 10.8 Å². The normalized spacial score (nSPS) is 19.4. The molecule has 2 rings (SSSR count). The van der Waals surface area contributed by atoms with E-state index in [9.17, 15) is 4.79 Å². The van der Waals surface area contributed by atoms with Crippen LogP contribution in [-0.2, 0) is 6.42 Å². The van der Waals surface area contributed by atoms with E-state index in [4.69, 9.17) is 10.8 Å². The van der Waals surface area contributed by atoms with Crippen molar-refractivity contribution in [1.82, 2.24) is 0 Å². The van der Waals surface area contributed by atoms with Gasteiger partial charge in [0.15, 0.2) is 0 Å². The second-order valence-corrected chi connectivity index (χ2v) is 3.83. The van der Waals surface area contributed by atoms with Gasteiger partial charge in [-0.25, -0.2) is 4.79 Å². The summed E-state index contributed by atoms with van der Waals surface area (Å²) in [5, 5.41) is 9.02. The van der Waals surface area contributed by atoms with Crippen LogP contribution in [0.15, 0.2) is 12.1 Å². The van der Waals surface area contributed by atoms with Gasteiger partial charge in [0.2, 0.25) is 0 Å². The van der Waals surface area contributed by atoms with E-state index in [2.05, 4.69) is 0 Å². The summed E-state index contributed by atoms with van der Waals surface area (Å²) in [6.07, 6.45) is 1.65. The van der Waals surface area contributed by atoms with Crippen LogP contribution in [0, 0.1) is 6.92 Å². The molecule has 1 aliphatic carbocycles. The van der Waals surface area contributed by atoms with Crippen molar-refractivity contribution in [2.75, 3.05) is 0 Å². The summed E-state index contributed by atoms with van der Waals surface area (Å²) < 4.78 is 0. The predicted molar refractivity (Wildman–Crippen MR) is 53.4 cm³/mol. The molecular weight excluding hydrogens is 178 g/mol. The summed E-state index contributed by atoms with van der Waals surface area (Å²) in [5.41, 5.74) is 9.23. The van der Waals surface area contributed by atoms with Crippen molar-refractivity contribution >= 4 is 5.97 Å². The van der Waals surface area contributed by atoms with Crippen molar-refractivity contribution in [2.24, 2.45) is 5.73 Å². The van der Waals surface area contributed by atoms with Crippen LogP contribution in [0.4, 0.5) is 0 Å². The largest absolute Gasteiger partial charge is 0.478 e. The third-order valence-electron chi connectivity index (χ3n) is 2.76. The summed E-state index contributed by atoms with van der Waals surface area (Å²) in [6.45, 7) is 1.90. The lowest BCUT2D eigenvalue weighted by molar-refractivity contribution is 0.0695. The number of carboxylic acid groups (broad SMARTS) is 1. The van der Waals surface area contributed by atoms with Gasteiger partial charge in [-0.1, -0.05) is 6.07 Å². The van der Waals surface area contributed by atoms with Crippen LogP contribution in [0.5, 0.6) is 0 Å². The van der Waals surface area contributed by atoms with Crippen LogP contribution in [0.2, 0.25) is 0 Å². The quantitative estimate of drug-likeness (QED) is 0.709. The van der Waals surface area contributed by atoms with Gasteiger partial charge in [-0.15, -0.1) is 0 Å². The molecule has 14 heavy (non-hydrogen) atoms. The number of nitrogens with two attached hydrogens (primary N) is 1. The molecule has 0 aliphatic heterocycles. The number of aromatic carboxylic acids is 1. The summed E-state index contributed by atoms with van der Waals surface area (Å²) in [5.74, 6) is -0.848. The van der Waals surface area contributed by atoms with Gasteiger partial charge in [-0.05, 0) is 42.5 Å². The zero-order chi connectivity index (χ0) is 10.3. The van der Waals surface area contributed by atoms with Gasteiger partial charge >= 0.3 is 5.97 Å². The maximum absolute atomic E-state index is 11.0. The van der Waals surface area contributed by atoms with E-state index in [1.165, 1.54) is 0 Å². The first-order chi connectivity index (χ1) is 6.59. The van der Waals surface area contributed by atoms with Crippen molar-refractivity contribution in [3.8, 4) is 0 Å². The minimum Gasteiger partial charge on any atom is -0.478 e. The molecule has 74 valence electrons. The standard InChI is InChI=1S/C11H13NO2/c1-6-4-8-7(2-3-10(8)12)9(5-6)11(13)14/h4-5,10H,2-3,12H2,1H3,(H,13,14)/t10-/m0/s1. The summed E-state index contributed by atoms with van der Waals surface area (Å²) in [6, 6.07) is 3.74. The molecule has 1 aromatic rings. The lowest BCUT2D eigenvalue weighted by Gasteiger charge is -2.08. The lowest BCUT2D eigenvalue weighted by Crippen LogP contribution is -2.07. The van der Waals surface area contributed by atoms with E-state index >= 15 is 0 Å². The van der Waals surface area contributed by atoms with E-state index in [0.717, 1.165) is 29.5 Å². The van der Waals surface area contributed by atoms with E-state index in [0.29, 0.717) is 5.56 Å². The molecule has 0 fully saturated rings. The average molecular weight is 191 g/mol. The zero-order valence-electron chi connectivity index (χ0n) is 8.08. The van der Waals surface area contributed by atoms with E-state index < -0.39 is 5.97 Å². The molecule has 1 aliphatic rings. The Morgan fingerprint density at radius 1 is 1.57 bits per heavy atom. The first kappa shape index (κ1) is 9.21. The Bertz CT molecular complexity index is 399. The monoisotopic (exact) mass is 191 g/mol. The SMILES string of the molecule is Cc1cc(C(=O)O)c2c(c1)[C@@H](N)CC2. The highest BCUT2D eigenvalue weighted by Crippen LogP contribution is 2.32. The number of benzene rings is 1. The number of rotatable bonds is 1. The fraction of sp³-hybridized carbons (Fsp3) is 0.364. The van der Waals surface area contributed by atoms with Gasteiger partial charge in [0.05, 0.1) is 5.56 Å². The summed E-state index contributed by atoms with van der Waals surface area (Å²) in [7, 11) is 0. The molecule has 0 aromatic heterocycles. The molecule has 0 radical (unpaired) electrons. The molecule has 0 bridgehead atoms. The first-order valence-corrected chi connectivity index (χ1v) is 4.72. The smallest absolute Gasteiger partial charge is 0.335 e. The predicted octanol–water partition coefficient (Wildman–Crippen LogP) is 1.64. The molecule has 0 amide bonds. The minimum atomic E-state index is -0.848. The molecule has 1 aromatic carbocycles. The van der Waals surface area contributed by atoms with Crippen LogP contribution in [-0.4, -0.2) is 11.1 Å². The second kappa shape index (κ2) is 3.10. The Labute approximate surface area is 82.5 Å². The topological polar surface area (TPSA) is 63.3 Å². The molecule has 1 atom stereocenters. The summed E-state index contributed by atoms with van der Waals surface area (Å²) >= 11 is 0. The Balaban J connectivity index is 2.63. The van der Waals surface area contributed by atoms with Crippen LogP contribution >= 0.6 is 0 Å². The number of carbonyl (C=O) groups is 1. The maximum atomic E-state index is 11.0. The number of hydrogen-bond donors (Lipinski definition) is 2. The molecule has 0 spiro atoms. The van der Waals surface area contributed by atoms with Crippen LogP contribution in [0.3, 0.4) is 0 Å². The van der Waals surface area contributed by atoms with E-state index in [-0.39, 0.29) is 6.04 Å². The molecule has 3 heteroatoms. The number of fused-ring (bicyclic) bond motifs is 1. The van der Waals surface area contributed by atoms with Gasteiger partial charge in [0, 0.05) is 6.04 Å². The Morgan fingerprint density at radius 3 is 2.93 bits per heavy atom. The molecule has 3 N–H and O–H groups in total. The van der Waals surface area contributed by atoms with Crippen molar-refractivity contribution in [2.45, 2.75) is 25.8 Å². The zero-order valence-corrected chi connectivity index (χ0v) is 8.08. The van der Waals surface area contributed by atoms with Gasteiger partial charge in [-0.2, -0.15) is 0 Å². The molecule has 0 saturated heterocycles. The summed E-state index contributed by atoms with van der Waals surface area (Å²) in [4.78, 5) is 11.0. The highest BCUT2D eigenvalue weighted by molar-refractivity contribution is 5.90. The van der Waals surface area contributed by atoms with Gasteiger partial charge in [-0.3, -0.25) is 0 Å². The third kappa shape index (κ3) is 1.30. The van der Waals surface area contributed by atoms with Crippen molar-refractivity contribution in [1.29, 1.82) is 0 Å². The fourth-order valence-electron chi connectivity index (χ4n) is 2.10. The Kier molecular flexibility index (Phi) is 2.04. The average Bonchev–Trinajstić information content (AvgIpc) is 2.47. The van der Waals surface area contributed by atoms with Crippen molar-refractivity contribution in [3.63, 3.8) is 0 Å². The molecule has 0 heterocycles. The minimum absolute atomic E-state index is 0.0167. The van der Waals surface area contributed by atoms with Crippen molar-refractivity contribution < 1.29 is 9.90 Å². The fourth-order valence-corrected chi connectivity index (χ4v) is 2.10. The highest BCUT2D eigenvalue weighted by Gasteiger charge is 2.24. The molecule has 0 saturated carbocycles. The third-order valence-corrected chi connectivity index (χ3v) is 2.76. The first-order valence-electron chi connectivity index (χ1n) is 4.72. The van der Waals surface area contributed by atoms with Gasteiger partial charge in [0.1, 0.15) is 0 Å².